The maximum absolute atomic E-state index is 11.0. The van der Waals surface area contributed by atoms with Gasteiger partial charge in [0.15, 0.2) is 5.58 Å². The molecule has 2 unspecified atom stereocenters. The molecule has 0 amide bonds. The van der Waals surface area contributed by atoms with E-state index < -0.39 is 12.0 Å². The third-order valence-electron chi connectivity index (χ3n) is 3.54. The molecule has 2 aromatic rings. The number of piperidine rings is 1. The van der Waals surface area contributed by atoms with Gasteiger partial charge in [-0.25, -0.2) is 0 Å². The molecule has 1 aliphatic rings. The molecule has 1 aromatic heterocycles. The summed E-state index contributed by atoms with van der Waals surface area (Å²) in [7, 11) is 0. The highest BCUT2D eigenvalue weighted by atomic mass is 35.5. The summed E-state index contributed by atoms with van der Waals surface area (Å²) < 4.78 is 5.78. The maximum atomic E-state index is 11.0. The number of carboxylic acids is 1. The topological polar surface area (TPSA) is 62.5 Å². The first-order valence-corrected chi connectivity index (χ1v) is 6.70. The van der Waals surface area contributed by atoms with Gasteiger partial charge in [0.2, 0.25) is 0 Å². The number of aliphatic carboxylic acids is 1. The zero-order chi connectivity index (χ0) is 13.4. The largest absolute Gasteiger partial charge is 0.480 e. The summed E-state index contributed by atoms with van der Waals surface area (Å²) in [5.74, 6) is -0.0482. The molecule has 0 saturated carbocycles. The number of carbonyl (C=O) groups is 1. The zero-order valence-electron chi connectivity index (χ0n) is 10.2. The second kappa shape index (κ2) is 4.87. The van der Waals surface area contributed by atoms with E-state index in [-0.39, 0.29) is 6.04 Å². The van der Waals surface area contributed by atoms with Crippen LogP contribution < -0.4 is 5.32 Å². The molecule has 19 heavy (non-hydrogen) atoms. The molecule has 0 aliphatic carbocycles. The average Bonchev–Trinajstić information content (AvgIpc) is 2.84. The van der Waals surface area contributed by atoms with Gasteiger partial charge in [-0.05, 0) is 31.4 Å². The van der Waals surface area contributed by atoms with Gasteiger partial charge in [-0.15, -0.1) is 0 Å². The van der Waals surface area contributed by atoms with Crippen LogP contribution in [0.1, 0.15) is 31.1 Å². The van der Waals surface area contributed by atoms with E-state index in [0.29, 0.717) is 17.0 Å². The first kappa shape index (κ1) is 12.5. The van der Waals surface area contributed by atoms with E-state index in [1.165, 1.54) is 0 Å². The van der Waals surface area contributed by atoms with Gasteiger partial charge in [-0.2, -0.15) is 0 Å². The number of nitrogens with one attached hydrogen (secondary N) is 1. The smallest absolute Gasteiger partial charge is 0.320 e. The maximum Gasteiger partial charge on any atom is 0.320 e. The van der Waals surface area contributed by atoms with Crippen molar-refractivity contribution < 1.29 is 14.3 Å². The van der Waals surface area contributed by atoms with Crippen molar-refractivity contribution in [2.45, 2.75) is 31.3 Å². The Morgan fingerprint density at radius 3 is 3.00 bits per heavy atom. The minimum atomic E-state index is -0.807. The summed E-state index contributed by atoms with van der Waals surface area (Å²) in [4.78, 5) is 11.0. The molecule has 3 rings (SSSR count). The van der Waals surface area contributed by atoms with Crippen molar-refractivity contribution in [3.63, 3.8) is 0 Å². The predicted molar refractivity (Wildman–Crippen MR) is 72.4 cm³/mol. The van der Waals surface area contributed by atoms with Crippen molar-refractivity contribution in [2.24, 2.45) is 0 Å². The van der Waals surface area contributed by atoms with Crippen LogP contribution in [0.2, 0.25) is 5.02 Å². The minimum absolute atomic E-state index is 0.0571. The van der Waals surface area contributed by atoms with Crippen LogP contribution in [0.3, 0.4) is 0 Å². The molecule has 2 heterocycles. The molecule has 100 valence electrons. The molecule has 2 N–H and O–H groups in total. The number of hydrogen-bond donors (Lipinski definition) is 2. The highest BCUT2D eigenvalue weighted by molar-refractivity contribution is 6.34. The Morgan fingerprint density at radius 2 is 2.26 bits per heavy atom. The van der Waals surface area contributed by atoms with Crippen molar-refractivity contribution >= 4 is 28.5 Å². The number of furan rings is 1. The van der Waals surface area contributed by atoms with E-state index in [1.54, 1.807) is 6.07 Å². The fraction of sp³-hybridized carbons (Fsp3) is 0.357. The van der Waals surface area contributed by atoms with E-state index in [4.69, 9.17) is 21.1 Å². The minimum Gasteiger partial charge on any atom is -0.480 e. The summed E-state index contributed by atoms with van der Waals surface area (Å²) in [5, 5.41) is 13.7. The lowest BCUT2D eigenvalue weighted by Crippen LogP contribution is -2.42. The SMILES string of the molecule is O=C(O)C1CCCC(c2cc3cccc(Cl)c3o2)N1. The van der Waals surface area contributed by atoms with Crippen molar-refractivity contribution in [2.75, 3.05) is 0 Å². The van der Waals surface area contributed by atoms with Gasteiger partial charge in [0.1, 0.15) is 11.8 Å². The Labute approximate surface area is 115 Å². The van der Waals surface area contributed by atoms with Crippen LogP contribution in [-0.4, -0.2) is 17.1 Å². The standard InChI is InChI=1S/C14H14ClNO3/c15-9-4-1-3-8-7-12(19-13(8)9)10-5-2-6-11(16-10)14(17)18/h1,3-4,7,10-11,16H,2,5-6H2,(H,17,18). The van der Waals surface area contributed by atoms with Crippen LogP contribution in [0.5, 0.6) is 0 Å². The second-order valence-corrected chi connectivity index (χ2v) is 5.26. The Morgan fingerprint density at radius 1 is 1.42 bits per heavy atom. The third-order valence-corrected chi connectivity index (χ3v) is 3.84. The highest BCUT2D eigenvalue weighted by Crippen LogP contribution is 2.33. The van der Waals surface area contributed by atoms with Crippen LogP contribution in [-0.2, 0) is 4.79 Å². The molecule has 2 atom stereocenters. The number of halogens is 1. The average molecular weight is 280 g/mol. The number of benzene rings is 1. The van der Waals surface area contributed by atoms with Gasteiger partial charge in [-0.3, -0.25) is 10.1 Å². The lowest BCUT2D eigenvalue weighted by molar-refractivity contribution is -0.140. The number of hydrogen-bond acceptors (Lipinski definition) is 3. The molecular formula is C14H14ClNO3. The molecule has 0 spiro atoms. The summed E-state index contributed by atoms with van der Waals surface area (Å²) in [6.45, 7) is 0. The fourth-order valence-corrected chi connectivity index (χ4v) is 2.79. The molecule has 0 bridgehead atoms. The van der Waals surface area contributed by atoms with E-state index >= 15 is 0 Å². The highest BCUT2D eigenvalue weighted by Gasteiger charge is 2.28. The molecule has 5 heteroatoms. The first-order chi connectivity index (χ1) is 9.15. The summed E-state index contributed by atoms with van der Waals surface area (Å²) in [6.07, 6.45) is 2.41. The molecule has 1 fully saturated rings. The van der Waals surface area contributed by atoms with Gasteiger partial charge in [0.05, 0.1) is 11.1 Å². The first-order valence-electron chi connectivity index (χ1n) is 6.32. The van der Waals surface area contributed by atoms with Crippen LogP contribution in [0.15, 0.2) is 28.7 Å². The van der Waals surface area contributed by atoms with Gasteiger partial charge in [-0.1, -0.05) is 23.7 Å². The van der Waals surface area contributed by atoms with Crippen LogP contribution in [0.25, 0.3) is 11.0 Å². The van der Waals surface area contributed by atoms with E-state index in [0.717, 1.165) is 24.0 Å². The fourth-order valence-electron chi connectivity index (χ4n) is 2.57. The summed E-state index contributed by atoms with van der Waals surface area (Å²) in [6, 6.07) is 6.97. The van der Waals surface area contributed by atoms with E-state index in [2.05, 4.69) is 5.32 Å². The van der Waals surface area contributed by atoms with E-state index in [1.807, 2.05) is 18.2 Å². The Kier molecular flexibility index (Phi) is 3.21. The van der Waals surface area contributed by atoms with Gasteiger partial charge >= 0.3 is 5.97 Å². The normalized spacial score (nSPS) is 23.6. The van der Waals surface area contributed by atoms with Crippen molar-refractivity contribution in [3.8, 4) is 0 Å². The third kappa shape index (κ3) is 2.33. The van der Waals surface area contributed by atoms with Crippen molar-refractivity contribution in [1.82, 2.24) is 5.32 Å². The number of carboxylic acid groups (broad SMARTS) is 1. The lowest BCUT2D eigenvalue weighted by atomic mass is 9.97. The quantitative estimate of drug-likeness (QED) is 0.885. The molecule has 1 saturated heterocycles. The lowest BCUT2D eigenvalue weighted by Gasteiger charge is -2.26. The molecule has 0 radical (unpaired) electrons. The Balaban J connectivity index is 1.91. The van der Waals surface area contributed by atoms with Gasteiger partial charge in [0, 0.05) is 5.39 Å². The monoisotopic (exact) mass is 279 g/mol. The van der Waals surface area contributed by atoms with Crippen molar-refractivity contribution in [1.29, 1.82) is 0 Å². The van der Waals surface area contributed by atoms with E-state index in [9.17, 15) is 4.79 Å². The molecule has 1 aromatic carbocycles. The Bertz CT molecular complexity index is 622. The number of rotatable bonds is 2. The Hall–Kier alpha value is -1.52. The zero-order valence-corrected chi connectivity index (χ0v) is 11.0. The number of fused-ring (bicyclic) bond motifs is 1. The summed E-state index contributed by atoms with van der Waals surface area (Å²) in [5.41, 5.74) is 0.665. The van der Waals surface area contributed by atoms with Crippen molar-refractivity contribution in [3.05, 3.63) is 35.0 Å². The molecular weight excluding hydrogens is 266 g/mol. The second-order valence-electron chi connectivity index (χ2n) is 4.85. The summed E-state index contributed by atoms with van der Waals surface area (Å²) >= 11 is 6.08. The number of para-hydroxylation sites is 1. The van der Waals surface area contributed by atoms with Crippen LogP contribution in [0.4, 0.5) is 0 Å². The van der Waals surface area contributed by atoms with Gasteiger partial charge in [0.25, 0.3) is 0 Å². The molecule has 1 aliphatic heterocycles. The predicted octanol–water partition coefficient (Wildman–Crippen LogP) is 3.35. The van der Waals surface area contributed by atoms with Gasteiger partial charge < -0.3 is 9.52 Å². The molecule has 4 nitrogen and oxygen atoms in total. The van der Waals surface area contributed by atoms with Crippen LogP contribution in [0, 0.1) is 0 Å². The van der Waals surface area contributed by atoms with Crippen LogP contribution >= 0.6 is 11.6 Å².